The Hall–Kier alpha value is -3.16. The van der Waals surface area contributed by atoms with Crippen molar-refractivity contribution in [2.45, 2.75) is 32.1 Å². The Labute approximate surface area is 186 Å². The molecule has 4 rings (SSSR count). The fraction of sp³-hybridized carbons (Fsp3) is 0.318. The zero-order valence-electron chi connectivity index (χ0n) is 17.4. The molecule has 0 radical (unpaired) electrons. The minimum absolute atomic E-state index is 0.0667. The number of hydrogen-bond donors (Lipinski definition) is 2. The van der Waals surface area contributed by atoms with Gasteiger partial charge < -0.3 is 10.6 Å². The molecule has 2 aromatic heterocycles. The molecule has 10 heteroatoms. The van der Waals surface area contributed by atoms with Crippen LogP contribution >= 0.6 is 11.3 Å². The van der Waals surface area contributed by atoms with Crippen LogP contribution in [0.15, 0.2) is 30.5 Å². The van der Waals surface area contributed by atoms with E-state index < -0.39 is 17.8 Å². The van der Waals surface area contributed by atoms with E-state index in [1.807, 2.05) is 0 Å². The third-order valence-corrected chi connectivity index (χ3v) is 6.59. The maximum Gasteiger partial charge on any atom is 0.435 e. The zero-order chi connectivity index (χ0) is 23.0. The van der Waals surface area contributed by atoms with Crippen molar-refractivity contribution in [3.63, 3.8) is 0 Å². The van der Waals surface area contributed by atoms with Crippen LogP contribution in [0.2, 0.25) is 0 Å². The van der Waals surface area contributed by atoms with Gasteiger partial charge in [-0.15, -0.1) is 11.3 Å². The number of hydrogen-bond acceptors (Lipinski definition) is 5. The molecule has 166 valence electrons. The van der Waals surface area contributed by atoms with Gasteiger partial charge in [-0.1, -0.05) is 12.1 Å². The fourth-order valence-corrected chi connectivity index (χ4v) is 5.12. The number of benzene rings is 1. The van der Waals surface area contributed by atoms with Crippen LogP contribution in [0.5, 0.6) is 0 Å². The molecule has 6 nitrogen and oxygen atoms in total. The van der Waals surface area contributed by atoms with Crippen molar-refractivity contribution in [1.29, 1.82) is 5.26 Å². The number of nitrogens with zero attached hydrogens (tertiary/aromatic N) is 3. The molecule has 2 N–H and O–H groups in total. The molecular weight excluding hydrogens is 439 g/mol. The number of nitriles is 1. The minimum atomic E-state index is -4.65. The van der Waals surface area contributed by atoms with Gasteiger partial charge in [-0.05, 0) is 35.7 Å². The SMILES string of the molecule is CCn1cc(-c2cccc(C(=O)NC)c2C2CNCc3sc(C#N)cc32)c(C(F)(F)F)n1. The molecular formula is C22H20F3N5OS. The van der Waals surface area contributed by atoms with Crippen molar-refractivity contribution in [3.05, 3.63) is 62.6 Å². The Morgan fingerprint density at radius 3 is 2.84 bits per heavy atom. The van der Waals surface area contributed by atoms with Crippen molar-refractivity contribution in [1.82, 2.24) is 20.4 Å². The number of carbonyl (C=O) groups excluding carboxylic acids is 1. The summed E-state index contributed by atoms with van der Waals surface area (Å²) in [5, 5.41) is 19.0. The lowest BCUT2D eigenvalue weighted by Gasteiger charge is -2.28. The molecule has 32 heavy (non-hydrogen) atoms. The van der Waals surface area contributed by atoms with Gasteiger partial charge in [0.25, 0.3) is 5.91 Å². The highest BCUT2D eigenvalue weighted by atomic mass is 32.1. The van der Waals surface area contributed by atoms with E-state index in [0.717, 1.165) is 10.4 Å². The van der Waals surface area contributed by atoms with Crippen LogP contribution in [-0.2, 0) is 19.3 Å². The zero-order valence-corrected chi connectivity index (χ0v) is 18.2. The molecule has 3 heterocycles. The van der Waals surface area contributed by atoms with E-state index in [4.69, 9.17) is 0 Å². The first kappa shape index (κ1) is 22.0. The average molecular weight is 459 g/mol. The molecule has 0 saturated carbocycles. The molecule has 1 aromatic carbocycles. The van der Waals surface area contributed by atoms with Crippen LogP contribution in [0.25, 0.3) is 11.1 Å². The van der Waals surface area contributed by atoms with Crippen molar-refractivity contribution in [2.24, 2.45) is 0 Å². The second-order valence-corrected chi connectivity index (χ2v) is 8.51. The maximum atomic E-state index is 13.9. The first-order valence-corrected chi connectivity index (χ1v) is 10.8. The molecule has 0 fully saturated rings. The van der Waals surface area contributed by atoms with Crippen molar-refractivity contribution < 1.29 is 18.0 Å². The van der Waals surface area contributed by atoms with Crippen LogP contribution in [0, 0.1) is 11.3 Å². The van der Waals surface area contributed by atoms with Gasteiger partial charge in [-0.3, -0.25) is 9.48 Å². The van der Waals surface area contributed by atoms with Crippen LogP contribution < -0.4 is 10.6 Å². The molecule has 0 aliphatic carbocycles. The quantitative estimate of drug-likeness (QED) is 0.615. The van der Waals surface area contributed by atoms with Crippen LogP contribution in [0.4, 0.5) is 13.2 Å². The molecule has 0 saturated heterocycles. The number of rotatable bonds is 4. The summed E-state index contributed by atoms with van der Waals surface area (Å²) in [4.78, 5) is 14.2. The van der Waals surface area contributed by atoms with Gasteiger partial charge in [0.05, 0.1) is 0 Å². The number of aryl methyl sites for hydroxylation is 1. The number of thiophene rings is 1. The lowest BCUT2D eigenvalue weighted by Crippen LogP contribution is -2.30. The summed E-state index contributed by atoms with van der Waals surface area (Å²) in [6.45, 7) is 2.99. The highest BCUT2D eigenvalue weighted by molar-refractivity contribution is 7.12. The van der Waals surface area contributed by atoms with Crippen molar-refractivity contribution in [2.75, 3.05) is 13.6 Å². The maximum absolute atomic E-state index is 13.9. The van der Waals surface area contributed by atoms with E-state index in [9.17, 15) is 23.2 Å². The first-order valence-electron chi connectivity index (χ1n) is 10.0. The average Bonchev–Trinajstić information content (AvgIpc) is 3.41. The summed E-state index contributed by atoms with van der Waals surface area (Å²) in [6.07, 6.45) is -3.27. The van der Waals surface area contributed by atoms with Crippen molar-refractivity contribution >= 4 is 17.2 Å². The van der Waals surface area contributed by atoms with E-state index in [-0.39, 0.29) is 18.0 Å². The summed E-state index contributed by atoms with van der Waals surface area (Å²) >= 11 is 1.35. The Morgan fingerprint density at radius 2 is 2.19 bits per heavy atom. The normalized spacial score (nSPS) is 15.8. The van der Waals surface area contributed by atoms with E-state index in [0.29, 0.717) is 34.7 Å². The van der Waals surface area contributed by atoms with Crippen LogP contribution in [-0.4, -0.2) is 29.3 Å². The summed E-state index contributed by atoms with van der Waals surface area (Å²) in [7, 11) is 1.48. The standard InChI is InChI=1S/C22H20F3N5OS/c1-3-30-11-17(20(29-30)22(23,24)25)13-5-4-6-14(21(31)27-2)19(13)16-9-28-10-18-15(16)7-12(8-26)32-18/h4-7,11,16,28H,3,9-10H2,1-2H3,(H,27,31). The number of halogens is 3. The third-order valence-electron chi connectivity index (χ3n) is 5.53. The number of carbonyl (C=O) groups is 1. The molecule has 1 aliphatic heterocycles. The Balaban J connectivity index is 2.01. The molecule has 0 spiro atoms. The Morgan fingerprint density at radius 1 is 1.41 bits per heavy atom. The molecule has 3 aromatic rings. The second-order valence-electron chi connectivity index (χ2n) is 7.38. The summed E-state index contributed by atoms with van der Waals surface area (Å²) in [6, 6.07) is 8.71. The van der Waals surface area contributed by atoms with E-state index in [1.54, 1.807) is 31.2 Å². The predicted molar refractivity (Wildman–Crippen MR) is 114 cm³/mol. The highest BCUT2D eigenvalue weighted by Crippen LogP contribution is 2.44. The molecule has 1 aliphatic rings. The fourth-order valence-electron chi connectivity index (χ4n) is 4.13. The number of amides is 1. The smallest absolute Gasteiger partial charge is 0.355 e. The topological polar surface area (TPSA) is 82.7 Å². The number of aromatic nitrogens is 2. The monoisotopic (exact) mass is 459 g/mol. The summed E-state index contributed by atoms with van der Waals surface area (Å²) < 4.78 is 42.9. The first-order chi connectivity index (χ1) is 15.3. The van der Waals surface area contributed by atoms with Crippen LogP contribution in [0.3, 0.4) is 0 Å². The van der Waals surface area contributed by atoms with Gasteiger partial charge in [-0.2, -0.15) is 23.5 Å². The largest absolute Gasteiger partial charge is 0.435 e. The lowest BCUT2D eigenvalue weighted by atomic mass is 9.81. The van der Waals surface area contributed by atoms with Gasteiger partial charge in [0.15, 0.2) is 5.69 Å². The Bertz CT molecular complexity index is 1220. The van der Waals surface area contributed by atoms with Gasteiger partial charge in [0, 0.05) is 54.8 Å². The number of fused-ring (bicyclic) bond motifs is 1. The minimum Gasteiger partial charge on any atom is -0.355 e. The van der Waals surface area contributed by atoms with E-state index in [2.05, 4.69) is 21.8 Å². The number of alkyl halides is 3. The van der Waals surface area contributed by atoms with Crippen molar-refractivity contribution in [3.8, 4) is 17.2 Å². The highest BCUT2D eigenvalue weighted by Gasteiger charge is 2.39. The van der Waals surface area contributed by atoms with Gasteiger partial charge in [-0.25, -0.2) is 0 Å². The molecule has 1 unspecified atom stereocenters. The summed E-state index contributed by atoms with van der Waals surface area (Å²) in [5.41, 5.74) is 0.905. The second kappa shape index (κ2) is 8.41. The van der Waals surface area contributed by atoms with E-state index >= 15 is 0 Å². The van der Waals surface area contributed by atoms with Gasteiger partial charge in [0.2, 0.25) is 0 Å². The van der Waals surface area contributed by atoms with E-state index in [1.165, 1.54) is 29.3 Å². The molecule has 1 atom stereocenters. The predicted octanol–water partition coefficient (Wildman–Crippen LogP) is 4.12. The number of nitrogens with one attached hydrogen (secondary N) is 2. The van der Waals surface area contributed by atoms with Crippen LogP contribution in [0.1, 0.15) is 49.8 Å². The molecule has 0 bridgehead atoms. The lowest BCUT2D eigenvalue weighted by molar-refractivity contribution is -0.141. The molecule has 1 amide bonds. The summed E-state index contributed by atoms with van der Waals surface area (Å²) in [5.74, 6) is -0.784. The third kappa shape index (κ3) is 3.78. The van der Waals surface area contributed by atoms with Gasteiger partial charge in [0.1, 0.15) is 10.9 Å². The van der Waals surface area contributed by atoms with Gasteiger partial charge >= 0.3 is 6.18 Å². The Kier molecular flexibility index (Phi) is 5.79.